The molecule has 0 heterocycles. The van der Waals surface area contributed by atoms with Gasteiger partial charge in [-0.05, 0) is 138 Å². The van der Waals surface area contributed by atoms with Gasteiger partial charge in [-0.3, -0.25) is 0 Å². The molecule has 290 valence electrons. The van der Waals surface area contributed by atoms with Crippen LogP contribution in [0.2, 0.25) is 0 Å². The summed E-state index contributed by atoms with van der Waals surface area (Å²) in [7, 11) is 0. The third-order valence-corrected chi connectivity index (χ3v) is 0. The zero-order valence-electron chi connectivity index (χ0n) is 32.3. The molecule has 0 saturated carbocycles. The molecule has 0 bridgehead atoms. The second kappa shape index (κ2) is 91.3. The van der Waals surface area contributed by atoms with Gasteiger partial charge in [-0.25, -0.2) is 0 Å². The first kappa shape index (κ1) is 97.4. The minimum atomic E-state index is -0.167. The fourth-order valence-corrected chi connectivity index (χ4v) is 0. The Hall–Kier alpha value is 3.04. The minimum absolute atomic E-state index is 0. The molecule has 0 aliphatic rings. The Morgan fingerprint density at radius 2 is 0.156 bits per heavy atom. The summed E-state index contributed by atoms with van der Waals surface area (Å²) in [6, 6.07) is 0. The van der Waals surface area contributed by atoms with Gasteiger partial charge in [0.15, 0.2) is 0 Å². The molecule has 0 radical (unpaired) electrons. The first-order valence-corrected chi connectivity index (χ1v) is 14.1. The fraction of sp³-hybridized carbons (Fsp3) is 1.00. The smallest absolute Gasteiger partial charge is 0.0483 e. The van der Waals surface area contributed by atoms with E-state index in [1.165, 1.54) is 0 Å². The van der Waals surface area contributed by atoms with E-state index in [4.69, 9.17) is 51.1 Å². The summed E-state index contributed by atoms with van der Waals surface area (Å²) in [5, 5.41) is 80.6. The Bertz CT molecular complexity index is 202. The molecular weight excluding hydrogens is 1000 g/mol. The van der Waals surface area contributed by atoms with E-state index in [2.05, 4.69) is 0 Å². The fourth-order valence-electron chi connectivity index (χ4n) is 0. The van der Waals surface area contributed by atoms with Crippen LogP contribution < -0.4 is 0 Å². The van der Waals surface area contributed by atoms with Crippen LogP contribution in [0.5, 0.6) is 0 Å². The molecule has 15 heteroatoms. The summed E-state index contributed by atoms with van der Waals surface area (Å²) < 4.78 is 0. The number of hydrogen-bond acceptors (Lipinski definition) is 10. The monoisotopic (exact) mass is 1090 g/mol. The standard InChI is InChI=1S/10C3H8O.5Mo/c10*1-3(2)4;;;;;/h10*3-4H,1-2H3;;;;;. The maximum atomic E-state index is 8.06. The molecule has 0 amide bonds. The molecule has 0 aromatic carbocycles. The average Bonchev–Trinajstić information content (AvgIpc) is 2.47. The molecule has 0 atom stereocenters. The van der Waals surface area contributed by atoms with Gasteiger partial charge in [-0.2, -0.15) is 0 Å². The van der Waals surface area contributed by atoms with E-state index in [-0.39, 0.29) is 166 Å². The Labute approximate surface area is 352 Å². The van der Waals surface area contributed by atoms with E-state index < -0.39 is 0 Å². The molecule has 0 aromatic heterocycles. The molecule has 10 N–H and O–H groups in total. The number of hydrogen-bond donors (Lipinski definition) is 10. The van der Waals surface area contributed by atoms with Crippen LogP contribution >= 0.6 is 0 Å². The first-order valence-electron chi connectivity index (χ1n) is 14.1. The van der Waals surface area contributed by atoms with Crippen molar-refractivity contribution in [2.24, 2.45) is 0 Å². The van der Waals surface area contributed by atoms with E-state index in [0.29, 0.717) is 0 Å². The van der Waals surface area contributed by atoms with Crippen molar-refractivity contribution in [2.75, 3.05) is 0 Å². The molecule has 0 rings (SSSR count). The van der Waals surface area contributed by atoms with Gasteiger partial charge in [0.1, 0.15) is 0 Å². The molecule has 10 nitrogen and oxygen atoms in total. The summed E-state index contributed by atoms with van der Waals surface area (Å²) >= 11 is 0. The average molecular weight is 1080 g/mol. The van der Waals surface area contributed by atoms with Crippen molar-refractivity contribution < 1.29 is 156 Å². The summed E-state index contributed by atoms with van der Waals surface area (Å²) in [5.41, 5.74) is 0. The van der Waals surface area contributed by atoms with Crippen molar-refractivity contribution in [1.29, 1.82) is 0 Å². The topological polar surface area (TPSA) is 202 Å². The Balaban J connectivity index is -0.0000000169. The maximum absolute atomic E-state index is 8.06. The minimum Gasteiger partial charge on any atom is -0.394 e. The maximum Gasteiger partial charge on any atom is 0.0483 e. The molecule has 0 spiro atoms. The predicted octanol–water partition coefficient (Wildman–Crippen LogP) is 3.86. The van der Waals surface area contributed by atoms with Crippen molar-refractivity contribution >= 4 is 0 Å². The van der Waals surface area contributed by atoms with Gasteiger partial charge in [-0.15, -0.1) is 0 Å². The van der Waals surface area contributed by atoms with Crippen LogP contribution in [-0.4, -0.2) is 112 Å². The summed E-state index contributed by atoms with van der Waals surface area (Å²) in [6.45, 7) is 34.4. The largest absolute Gasteiger partial charge is 0.394 e. The molecule has 0 aliphatic carbocycles. The van der Waals surface area contributed by atoms with E-state index in [1.54, 1.807) is 138 Å². The summed E-state index contributed by atoms with van der Waals surface area (Å²) in [6.07, 6.45) is -1.67. The van der Waals surface area contributed by atoms with Gasteiger partial charge in [0.05, 0.1) is 0 Å². The predicted molar refractivity (Wildman–Crippen MR) is 174 cm³/mol. The number of aliphatic hydroxyl groups excluding tert-OH is 10. The molecular formula is C30H80Mo5O10. The Morgan fingerprint density at radius 3 is 0.156 bits per heavy atom. The van der Waals surface area contributed by atoms with Crippen molar-refractivity contribution in [3.8, 4) is 0 Å². The van der Waals surface area contributed by atoms with Gasteiger partial charge in [-0.1, -0.05) is 0 Å². The van der Waals surface area contributed by atoms with Crippen LogP contribution in [0.25, 0.3) is 0 Å². The van der Waals surface area contributed by atoms with Crippen molar-refractivity contribution in [3.63, 3.8) is 0 Å². The molecule has 0 unspecified atom stereocenters. The second-order valence-corrected chi connectivity index (χ2v) is 10.9. The third kappa shape index (κ3) is 10300. The quantitative estimate of drug-likeness (QED) is 0.159. The van der Waals surface area contributed by atoms with E-state index >= 15 is 0 Å². The van der Waals surface area contributed by atoms with E-state index in [1.807, 2.05) is 0 Å². The van der Waals surface area contributed by atoms with Crippen molar-refractivity contribution in [2.45, 2.75) is 200 Å². The third-order valence-electron chi connectivity index (χ3n) is 0. The Morgan fingerprint density at radius 1 is 0.156 bits per heavy atom. The van der Waals surface area contributed by atoms with Gasteiger partial charge < -0.3 is 51.1 Å². The Kier molecular flexibility index (Phi) is 198. The van der Waals surface area contributed by atoms with E-state index in [9.17, 15) is 0 Å². The first-order chi connectivity index (χ1) is 17.3. The van der Waals surface area contributed by atoms with Crippen molar-refractivity contribution in [3.05, 3.63) is 0 Å². The zero-order valence-corrected chi connectivity index (χ0v) is 42.3. The van der Waals surface area contributed by atoms with Gasteiger partial charge in [0.2, 0.25) is 0 Å². The van der Waals surface area contributed by atoms with Crippen LogP contribution in [-0.2, 0) is 105 Å². The zero-order chi connectivity index (χ0) is 35.8. The molecule has 45 heavy (non-hydrogen) atoms. The van der Waals surface area contributed by atoms with Crippen LogP contribution in [0.3, 0.4) is 0 Å². The van der Waals surface area contributed by atoms with Gasteiger partial charge in [0.25, 0.3) is 0 Å². The van der Waals surface area contributed by atoms with Gasteiger partial charge in [0, 0.05) is 166 Å². The SMILES string of the molecule is CC(C)O.CC(C)O.CC(C)O.CC(C)O.CC(C)O.CC(C)O.CC(C)O.CC(C)O.CC(C)O.CC(C)O.[Mo].[Mo].[Mo].[Mo].[Mo]. The second-order valence-electron chi connectivity index (χ2n) is 10.9. The van der Waals surface area contributed by atoms with Crippen LogP contribution in [0.1, 0.15) is 138 Å². The molecule has 0 saturated heterocycles. The van der Waals surface area contributed by atoms with Crippen LogP contribution in [0.15, 0.2) is 0 Å². The molecule has 0 aliphatic heterocycles. The number of rotatable bonds is 0. The summed E-state index contributed by atoms with van der Waals surface area (Å²) in [5.74, 6) is 0. The number of aliphatic hydroxyl groups is 10. The molecule has 0 fully saturated rings. The van der Waals surface area contributed by atoms with Gasteiger partial charge >= 0.3 is 0 Å². The van der Waals surface area contributed by atoms with Crippen LogP contribution in [0, 0.1) is 0 Å². The molecule has 0 aromatic rings. The van der Waals surface area contributed by atoms with E-state index in [0.717, 1.165) is 0 Å². The summed E-state index contributed by atoms with van der Waals surface area (Å²) in [4.78, 5) is 0. The van der Waals surface area contributed by atoms with Crippen LogP contribution in [0.4, 0.5) is 0 Å². The van der Waals surface area contributed by atoms with Crippen molar-refractivity contribution in [1.82, 2.24) is 0 Å². The normalized spacial score (nSPS) is 8.00.